The lowest BCUT2D eigenvalue weighted by molar-refractivity contribution is 0.254. The predicted molar refractivity (Wildman–Crippen MR) is 107 cm³/mol. The molecule has 2 N–H and O–H groups in total. The summed E-state index contributed by atoms with van der Waals surface area (Å²) in [4.78, 5) is 12.0. The van der Waals surface area contributed by atoms with Crippen LogP contribution in [0, 0.1) is 0 Å². The lowest BCUT2D eigenvalue weighted by Crippen LogP contribution is -2.32. The van der Waals surface area contributed by atoms with Crippen LogP contribution in [0.15, 0.2) is 90.0 Å². The van der Waals surface area contributed by atoms with Gasteiger partial charge in [0.25, 0.3) is 0 Å². The molecule has 0 spiro atoms. The van der Waals surface area contributed by atoms with Crippen LogP contribution in [0.4, 0.5) is 10.5 Å². The van der Waals surface area contributed by atoms with Gasteiger partial charge in [-0.15, -0.1) is 0 Å². The predicted octanol–water partition coefficient (Wildman–Crippen LogP) is 4.87. The number of nitrogens with two attached hydrogens (primary N) is 1. The average molecular weight is 364 g/mol. The summed E-state index contributed by atoms with van der Waals surface area (Å²) < 4.78 is 0. The smallest absolute Gasteiger partial charge is 0.340 e. The summed E-state index contributed by atoms with van der Waals surface area (Å²) >= 11 is 5.93. The Hall–Kier alpha value is -3.11. The first-order valence-electron chi connectivity index (χ1n) is 8.15. The standard InChI is InChI=1S/C21H18ClN3O/c22-18-11-13-19(14-12-18)25(21(23)26)24-20(17-9-5-2-6-10-17)15-16-7-3-1-4-8-16/h1-14H,15H2,(H2,23,26)/b24-20+. The lowest BCUT2D eigenvalue weighted by atomic mass is 10.0. The van der Waals surface area contributed by atoms with Crippen LogP contribution >= 0.6 is 11.6 Å². The Balaban J connectivity index is 2.03. The van der Waals surface area contributed by atoms with Crippen LogP contribution < -0.4 is 10.7 Å². The highest BCUT2D eigenvalue weighted by Gasteiger charge is 2.14. The van der Waals surface area contributed by atoms with Crippen molar-refractivity contribution in [3.05, 3.63) is 101 Å². The largest absolute Gasteiger partial charge is 0.350 e. The molecule has 0 saturated heterocycles. The van der Waals surface area contributed by atoms with Crippen molar-refractivity contribution in [2.45, 2.75) is 6.42 Å². The third kappa shape index (κ3) is 4.49. The molecule has 0 aliphatic carbocycles. The van der Waals surface area contributed by atoms with Crippen LogP contribution in [0.1, 0.15) is 11.1 Å². The summed E-state index contributed by atoms with van der Waals surface area (Å²) in [5.41, 5.74) is 8.89. The SMILES string of the molecule is NC(=O)N(/N=C(\Cc1ccccc1)c1ccccc1)c1ccc(Cl)cc1. The molecule has 0 fully saturated rings. The number of nitrogens with zero attached hydrogens (tertiary/aromatic N) is 2. The number of carbonyl (C=O) groups is 1. The maximum Gasteiger partial charge on any atom is 0.340 e. The number of anilines is 1. The molecule has 130 valence electrons. The van der Waals surface area contributed by atoms with E-state index in [2.05, 4.69) is 5.10 Å². The molecule has 0 aromatic heterocycles. The number of urea groups is 1. The topological polar surface area (TPSA) is 58.7 Å². The van der Waals surface area contributed by atoms with E-state index < -0.39 is 6.03 Å². The number of hydrogen-bond donors (Lipinski definition) is 1. The summed E-state index contributed by atoms with van der Waals surface area (Å²) in [6.07, 6.45) is 0.572. The van der Waals surface area contributed by atoms with E-state index >= 15 is 0 Å². The monoisotopic (exact) mass is 363 g/mol. The van der Waals surface area contributed by atoms with Gasteiger partial charge in [-0.05, 0) is 35.4 Å². The molecule has 2 amide bonds. The summed E-state index contributed by atoms with van der Waals surface area (Å²) in [5.74, 6) is 0. The lowest BCUT2D eigenvalue weighted by Gasteiger charge is -2.17. The van der Waals surface area contributed by atoms with Gasteiger partial charge >= 0.3 is 6.03 Å². The molecular formula is C21H18ClN3O. The number of hydrogen-bond acceptors (Lipinski definition) is 2. The fourth-order valence-corrected chi connectivity index (χ4v) is 2.68. The van der Waals surface area contributed by atoms with Gasteiger partial charge in [-0.2, -0.15) is 10.1 Å². The molecule has 0 heterocycles. The highest BCUT2D eigenvalue weighted by Crippen LogP contribution is 2.20. The van der Waals surface area contributed by atoms with Crippen molar-refractivity contribution < 1.29 is 4.79 Å². The summed E-state index contributed by atoms with van der Waals surface area (Å²) in [7, 11) is 0. The van der Waals surface area contributed by atoms with Crippen molar-refractivity contribution in [1.29, 1.82) is 0 Å². The van der Waals surface area contributed by atoms with Gasteiger partial charge in [0.2, 0.25) is 0 Å². The maximum absolute atomic E-state index is 12.0. The van der Waals surface area contributed by atoms with Crippen molar-refractivity contribution in [2.75, 3.05) is 5.01 Å². The Morgan fingerprint density at radius 1 is 0.885 bits per heavy atom. The van der Waals surface area contributed by atoms with E-state index in [1.807, 2.05) is 60.7 Å². The zero-order valence-electron chi connectivity index (χ0n) is 14.0. The molecule has 0 unspecified atom stereocenters. The molecule has 3 aromatic rings. The first-order chi connectivity index (χ1) is 12.6. The Bertz CT molecular complexity index is 894. The van der Waals surface area contributed by atoms with Crippen LogP contribution in [0.2, 0.25) is 5.02 Å². The number of hydrazone groups is 1. The minimum atomic E-state index is -0.659. The number of carbonyl (C=O) groups excluding carboxylic acids is 1. The first kappa shape index (κ1) is 17.7. The van der Waals surface area contributed by atoms with Crippen molar-refractivity contribution >= 4 is 29.0 Å². The van der Waals surface area contributed by atoms with E-state index in [9.17, 15) is 4.79 Å². The molecule has 0 aliphatic rings. The second-order valence-corrected chi connectivity index (χ2v) is 6.14. The van der Waals surface area contributed by atoms with Crippen LogP contribution in [0.3, 0.4) is 0 Å². The van der Waals surface area contributed by atoms with E-state index in [1.54, 1.807) is 24.3 Å². The molecule has 0 radical (unpaired) electrons. The van der Waals surface area contributed by atoms with Crippen molar-refractivity contribution in [2.24, 2.45) is 10.8 Å². The minimum Gasteiger partial charge on any atom is -0.350 e. The van der Waals surface area contributed by atoms with Crippen molar-refractivity contribution in [3.8, 4) is 0 Å². The van der Waals surface area contributed by atoms with Gasteiger partial charge in [-0.3, -0.25) is 0 Å². The Kier molecular flexibility index (Phi) is 5.66. The van der Waals surface area contributed by atoms with Crippen molar-refractivity contribution in [1.82, 2.24) is 0 Å². The van der Waals surface area contributed by atoms with E-state index in [-0.39, 0.29) is 0 Å². The second kappa shape index (κ2) is 8.32. The molecule has 4 nitrogen and oxygen atoms in total. The molecule has 0 saturated carbocycles. The molecule has 0 atom stereocenters. The molecular weight excluding hydrogens is 346 g/mol. The van der Waals surface area contributed by atoms with Crippen LogP contribution in [0.25, 0.3) is 0 Å². The minimum absolute atomic E-state index is 0.559. The summed E-state index contributed by atoms with van der Waals surface area (Å²) in [6.45, 7) is 0. The Labute approximate surface area is 157 Å². The fraction of sp³-hybridized carbons (Fsp3) is 0.0476. The van der Waals surface area contributed by atoms with Crippen molar-refractivity contribution in [3.63, 3.8) is 0 Å². The number of rotatable bonds is 5. The van der Waals surface area contributed by atoms with Gasteiger partial charge in [-0.25, -0.2) is 4.79 Å². The average Bonchev–Trinajstić information content (AvgIpc) is 2.67. The van der Waals surface area contributed by atoms with Gasteiger partial charge in [0.05, 0.1) is 11.4 Å². The fourth-order valence-electron chi connectivity index (χ4n) is 2.55. The van der Waals surface area contributed by atoms with Gasteiger partial charge < -0.3 is 5.73 Å². The molecule has 3 rings (SSSR count). The highest BCUT2D eigenvalue weighted by atomic mass is 35.5. The number of benzene rings is 3. The summed E-state index contributed by atoms with van der Waals surface area (Å²) in [6, 6.07) is 25.9. The van der Waals surface area contributed by atoms with Crippen LogP contribution in [-0.4, -0.2) is 11.7 Å². The summed E-state index contributed by atoms with van der Waals surface area (Å²) in [5, 5.41) is 6.35. The quantitative estimate of drug-likeness (QED) is 0.510. The molecule has 0 bridgehead atoms. The van der Waals surface area contributed by atoms with E-state index in [0.717, 1.165) is 16.8 Å². The Morgan fingerprint density at radius 2 is 1.46 bits per heavy atom. The third-order valence-corrected chi connectivity index (χ3v) is 4.07. The number of halogens is 1. The molecule has 5 heteroatoms. The van der Waals surface area contributed by atoms with Crippen LogP contribution in [0.5, 0.6) is 0 Å². The van der Waals surface area contributed by atoms with Gasteiger partial charge in [0.1, 0.15) is 0 Å². The number of amides is 2. The molecule has 26 heavy (non-hydrogen) atoms. The van der Waals surface area contributed by atoms with Gasteiger partial charge in [0, 0.05) is 11.4 Å². The van der Waals surface area contributed by atoms with E-state index in [1.165, 1.54) is 5.01 Å². The first-order valence-corrected chi connectivity index (χ1v) is 8.53. The zero-order valence-corrected chi connectivity index (χ0v) is 14.8. The number of primary amides is 1. The van der Waals surface area contributed by atoms with E-state index in [0.29, 0.717) is 17.1 Å². The second-order valence-electron chi connectivity index (χ2n) is 5.70. The zero-order chi connectivity index (χ0) is 18.4. The Morgan fingerprint density at radius 3 is 2.04 bits per heavy atom. The normalized spacial score (nSPS) is 11.2. The third-order valence-electron chi connectivity index (χ3n) is 3.82. The van der Waals surface area contributed by atoms with Crippen LogP contribution in [-0.2, 0) is 6.42 Å². The molecule has 3 aromatic carbocycles. The van der Waals surface area contributed by atoms with Gasteiger partial charge in [-0.1, -0.05) is 72.3 Å². The van der Waals surface area contributed by atoms with E-state index in [4.69, 9.17) is 17.3 Å². The molecule has 0 aliphatic heterocycles. The van der Waals surface area contributed by atoms with Gasteiger partial charge in [0.15, 0.2) is 0 Å². The maximum atomic E-state index is 12.0. The highest BCUT2D eigenvalue weighted by molar-refractivity contribution is 6.30.